The summed E-state index contributed by atoms with van der Waals surface area (Å²) in [5, 5.41) is 3.51. The summed E-state index contributed by atoms with van der Waals surface area (Å²) in [5.41, 5.74) is 2.29. The standard InChI is InChI=1S/C16H15F2NS2/c17-16(18)21-12-7-5-11(6-8-12)19-14-9-10-20-15-4-2-1-3-13(14)15/h1-8,14,16,19H,9-10H2. The van der Waals surface area contributed by atoms with Crippen LogP contribution in [0.15, 0.2) is 58.3 Å². The molecule has 0 saturated heterocycles. The van der Waals surface area contributed by atoms with Crippen molar-refractivity contribution in [1.82, 2.24) is 0 Å². The molecular formula is C16H15F2NS2. The molecule has 1 nitrogen and oxygen atoms in total. The van der Waals surface area contributed by atoms with Crippen LogP contribution in [0.5, 0.6) is 0 Å². The van der Waals surface area contributed by atoms with Gasteiger partial charge in [0, 0.05) is 21.2 Å². The molecule has 1 aliphatic rings. The molecule has 1 heterocycles. The number of hydrogen-bond donors (Lipinski definition) is 1. The van der Waals surface area contributed by atoms with Crippen molar-refractivity contribution in [2.75, 3.05) is 11.1 Å². The zero-order chi connectivity index (χ0) is 14.7. The third kappa shape index (κ3) is 3.71. The van der Waals surface area contributed by atoms with Crippen molar-refractivity contribution >= 4 is 29.2 Å². The second kappa shape index (κ2) is 6.71. The number of anilines is 1. The summed E-state index contributed by atoms with van der Waals surface area (Å²) in [5.74, 6) is -1.28. The van der Waals surface area contributed by atoms with Gasteiger partial charge in [-0.15, -0.1) is 11.8 Å². The monoisotopic (exact) mass is 323 g/mol. The van der Waals surface area contributed by atoms with Gasteiger partial charge in [-0.3, -0.25) is 0 Å². The van der Waals surface area contributed by atoms with Crippen molar-refractivity contribution in [2.45, 2.75) is 28.0 Å². The lowest BCUT2D eigenvalue weighted by atomic mass is 10.0. The number of halogens is 2. The zero-order valence-corrected chi connectivity index (χ0v) is 12.9. The fraction of sp³-hybridized carbons (Fsp3) is 0.250. The van der Waals surface area contributed by atoms with Crippen LogP contribution in [-0.4, -0.2) is 11.5 Å². The van der Waals surface area contributed by atoms with Gasteiger partial charge < -0.3 is 5.32 Å². The molecule has 5 heteroatoms. The lowest BCUT2D eigenvalue weighted by Gasteiger charge is -2.26. The summed E-state index contributed by atoms with van der Waals surface area (Å²) in [7, 11) is 0. The first-order valence-corrected chi connectivity index (χ1v) is 8.62. The number of nitrogens with one attached hydrogen (secondary N) is 1. The SMILES string of the molecule is FC(F)Sc1ccc(NC2CCSc3ccccc32)cc1. The maximum absolute atomic E-state index is 12.3. The first-order chi connectivity index (χ1) is 10.2. The number of alkyl halides is 2. The van der Waals surface area contributed by atoms with Crippen LogP contribution in [0.3, 0.4) is 0 Å². The molecule has 2 aromatic rings. The number of thioether (sulfide) groups is 2. The fourth-order valence-corrected chi connectivity index (χ4v) is 4.05. The molecule has 1 atom stereocenters. The maximum Gasteiger partial charge on any atom is 0.288 e. The van der Waals surface area contributed by atoms with Crippen molar-refractivity contribution in [2.24, 2.45) is 0 Å². The Labute approximate surface area is 131 Å². The van der Waals surface area contributed by atoms with Crippen LogP contribution in [0.4, 0.5) is 14.5 Å². The lowest BCUT2D eigenvalue weighted by molar-refractivity contribution is 0.252. The Kier molecular flexibility index (Phi) is 4.70. The van der Waals surface area contributed by atoms with Gasteiger partial charge in [0.15, 0.2) is 0 Å². The van der Waals surface area contributed by atoms with E-state index in [0.717, 1.165) is 17.9 Å². The van der Waals surface area contributed by atoms with Crippen molar-refractivity contribution in [3.05, 3.63) is 54.1 Å². The quantitative estimate of drug-likeness (QED) is 0.730. The summed E-state index contributed by atoms with van der Waals surface area (Å²) in [6.07, 6.45) is 1.06. The van der Waals surface area contributed by atoms with Crippen molar-refractivity contribution in [1.29, 1.82) is 0 Å². The molecular weight excluding hydrogens is 308 g/mol. The molecule has 0 aromatic heterocycles. The normalized spacial score (nSPS) is 17.6. The van der Waals surface area contributed by atoms with E-state index in [-0.39, 0.29) is 6.04 Å². The Bertz CT molecular complexity index is 601. The molecule has 0 aliphatic carbocycles. The Morgan fingerprint density at radius 2 is 1.86 bits per heavy atom. The molecule has 21 heavy (non-hydrogen) atoms. The van der Waals surface area contributed by atoms with Gasteiger partial charge in [-0.05, 0) is 42.3 Å². The minimum atomic E-state index is -2.37. The summed E-state index contributed by atoms with van der Waals surface area (Å²) < 4.78 is 24.6. The molecule has 0 spiro atoms. The first-order valence-electron chi connectivity index (χ1n) is 6.75. The smallest absolute Gasteiger partial charge is 0.288 e. The van der Waals surface area contributed by atoms with Crippen LogP contribution in [0, 0.1) is 0 Å². The van der Waals surface area contributed by atoms with E-state index in [1.165, 1.54) is 10.5 Å². The molecule has 1 aliphatic heterocycles. The first kappa shape index (κ1) is 14.7. The van der Waals surface area contributed by atoms with Gasteiger partial charge in [-0.2, -0.15) is 8.78 Å². The highest BCUT2D eigenvalue weighted by Crippen LogP contribution is 2.38. The lowest BCUT2D eigenvalue weighted by Crippen LogP contribution is -2.15. The molecule has 1 N–H and O–H groups in total. The second-order valence-corrected chi connectivity index (χ2v) is 6.97. The largest absolute Gasteiger partial charge is 0.378 e. The van der Waals surface area contributed by atoms with Crippen LogP contribution >= 0.6 is 23.5 Å². The maximum atomic E-state index is 12.3. The van der Waals surface area contributed by atoms with E-state index in [4.69, 9.17) is 0 Å². The highest BCUT2D eigenvalue weighted by Gasteiger charge is 2.19. The number of fused-ring (bicyclic) bond motifs is 1. The third-order valence-electron chi connectivity index (χ3n) is 3.38. The Hall–Kier alpha value is -1.20. The molecule has 3 rings (SSSR count). The van der Waals surface area contributed by atoms with E-state index < -0.39 is 5.76 Å². The Morgan fingerprint density at radius 1 is 1.10 bits per heavy atom. The van der Waals surface area contributed by atoms with E-state index in [9.17, 15) is 8.78 Å². The Morgan fingerprint density at radius 3 is 2.62 bits per heavy atom. The highest BCUT2D eigenvalue weighted by molar-refractivity contribution is 7.99. The van der Waals surface area contributed by atoms with E-state index in [2.05, 4.69) is 29.6 Å². The molecule has 0 bridgehead atoms. The summed E-state index contributed by atoms with van der Waals surface area (Å²) in [4.78, 5) is 1.92. The molecule has 0 amide bonds. The van der Waals surface area contributed by atoms with Gasteiger partial charge in [0.2, 0.25) is 0 Å². The zero-order valence-electron chi connectivity index (χ0n) is 11.3. The minimum Gasteiger partial charge on any atom is -0.378 e. The molecule has 0 radical (unpaired) electrons. The van der Waals surface area contributed by atoms with Crippen LogP contribution in [0.25, 0.3) is 0 Å². The van der Waals surface area contributed by atoms with E-state index >= 15 is 0 Å². The molecule has 1 unspecified atom stereocenters. The number of rotatable bonds is 4. The molecule has 2 aromatic carbocycles. The topological polar surface area (TPSA) is 12.0 Å². The van der Waals surface area contributed by atoms with Gasteiger partial charge in [0.05, 0.1) is 6.04 Å². The summed E-state index contributed by atoms with van der Waals surface area (Å²) >= 11 is 2.46. The Balaban J connectivity index is 1.73. The van der Waals surface area contributed by atoms with Crippen LogP contribution in [0.2, 0.25) is 0 Å². The summed E-state index contributed by atoms with van der Waals surface area (Å²) in [6, 6.07) is 15.9. The van der Waals surface area contributed by atoms with Crippen molar-refractivity contribution < 1.29 is 8.78 Å². The van der Waals surface area contributed by atoms with Crippen molar-refractivity contribution in [3.63, 3.8) is 0 Å². The van der Waals surface area contributed by atoms with Gasteiger partial charge in [-0.25, -0.2) is 0 Å². The second-order valence-electron chi connectivity index (χ2n) is 4.77. The van der Waals surface area contributed by atoms with E-state index in [0.29, 0.717) is 16.7 Å². The van der Waals surface area contributed by atoms with E-state index in [1.54, 1.807) is 12.1 Å². The van der Waals surface area contributed by atoms with Crippen LogP contribution in [-0.2, 0) is 0 Å². The predicted octanol–water partition coefficient (Wildman–Crippen LogP) is 5.65. The van der Waals surface area contributed by atoms with Gasteiger partial charge in [-0.1, -0.05) is 30.0 Å². The fourth-order valence-electron chi connectivity index (χ4n) is 2.43. The van der Waals surface area contributed by atoms with Gasteiger partial charge in [0.25, 0.3) is 5.76 Å². The third-order valence-corrected chi connectivity index (χ3v) is 5.22. The molecule has 110 valence electrons. The summed E-state index contributed by atoms with van der Waals surface area (Å²) in [6.45, 7) is 0. The van der Waals surface area contributed by atoms with Gasteiger partial charge >= 0.3 is 0 Å². The minimum absolute atomic E-state index is 0.288. The molecule has 0 saturated carbocycles. The van der Waals surface area contributed by atoms with Crippen molar-refractivity contribution in [3.8, 4) is 0 Å². The van der Waals surface area contributed by atoms with E-state index in [1.807, 2.05) is 23.9 Å². The predicted molar refractivity (Wildman–Crippen MR) is 86.4 cm³/mol. The molecule has 0 fully saturated rings. The number of benzene rings is 2. The number of hydrogen-bond acceptors (Lipinski definition) is 3. The van der Waals surface area contributed by atoms with Gasteiger partial charge in [0.1, 0.15) is 0 Å². The van der Waals surface area contributed by atoms with Crippen LogP contribution < -0.4 is 5.32 Å². The average Bonchev–Trinajstić information content (AvgIpc) is 2.49. The average molecular weight is 323 g/mol. The van der Waals surface area contributed by atoms with Crippen LogP contribution in [0.1, 0.15) is 18.0 Å². The highest BCUT2D eigenvalue weighted by atomic mass is 32.2.